The summed E-state index contributed by atoms with van der Waals surface area (Å²) in [6.07, 6.45) is 4.80. The van der Waals surface area contributed by atoms with Gasteiger partial charge in [0.2, 0.25) is 0 Å². The van der Waals surface area contributed by atoms with E-state index in [2.05, 4.69) is 15.6 Å². The lowest BCUT2D eigenvalue weighted by atomic mass is 9.96. The molecule has 1 aromatic carbocycles. The van der Waals surface area contributed by atoms with Crippen LogP contribution >= 0.6 is 0 Å². The molecule has 1 saturated heterocycles. The van der Waals surface area contributed by atoms with Gasteiger partial charge < -0.3 is 15.5 Å². The van der Waals surface area contributed by atoms with Gasteiger partial charge in [-0.15, -0.1) is 0 Å². The van der Waals surface area contributed by atoms with E-state index >= 15 is 0 Å². The van der Waals surface area contributed by atoms with Crippen LogP contribution in [0.15, 0.2) is 36.7 Å². The van der Waals surface area contributed by atoms with Crippen LogP contribution in [-0.4, -0.2) is 47.2 Å². The molecule has 2 heterocycles. The third-order valence-corrected chi connectivity index (χ3v) is 5.50. The molecule has 1 fully saturated rings. The Kier molecular flexibility index (Phi) is 6.82. The molecule has 0 bridgehead atoms. The zero-order valence-corrected chi connectivity index (χ0v) is 17.7. The molecule has 0 saturated carbocycles. The minimum atomic E-state index is -0.657. The van der Waals surface area contributed by atoms with E-state index in [4.69, 9.17) is 0 Å². The number of aryl methyl sites for hydroxylation is 3. The van der Waals surface area contributed by atoms with E-state index in [1.165, 1.54) is 0 Å². The highest BCUT2D eigenvalue weighted by Crippen LogP contribution is 2.22. The standard InChI is InChI=1S/C23H28N4O3/c1-15-12-16(2)20(17(3)13-15)26-22(29)21(28)25-14-18-6-10-27(11-7-18)23(30)19-4-8-24-9-5-19/h4-5,8-9,12-13,18H,6-7,10-11,14H2,1-3H3,(H,25,28)(H,26,29). The van der Waals surface area contributed by atoms with E-state index in [1.54, 1.807) is 24.5 Å². The number of rotatable bonds is 4. The average molecular weight is 409 g/mol. The predicted molar refractivity (Wildman–Crippen MR) is 115 cm³/mol. The molecular formula is C23H28N4O3. The number of piperidine rings is 1. The molecule has 3 amide bonds. The molecule has 1 aliphatic rings. The van der Waals surface area contributed by atoms with Crippen molar-refractivity contribution in [2.45, 2.75) is 33.6 Å². The molecule has 30 heavy (non-hydrogen) atoms. The highest BCUT2D eigenvalue weighted by Gasteiger charge is 2.25. The van der Waals surface area contributed by atoms with Gasteiger partial charge >= 0.3 is 11.8 Å². The third-order valence-electron chi connectivity index (χ3n) is 5.50. The number of hydrogen-bond donors (Lipinski definition) is 2. The number of nitrogens with one attached hydrogen (secondary N) is 2. The van der Waals surface area contributed by atoms with Gasteiger partial charge in [-0.05, 0) is 62.8 Å². The van der Waals surface area contributed by atoms with Crippen LogP contribution in [-0.2, 0) is 9.59 Å². The van der Waals surface area contributed by atoms with E-state index in [0.717, 1.165) is 29.5 Å². The van der Waals surface area contributed by atoms with Crippen LogP contribution in [0, 0.1) is 26.7 Å². The van der Waals surface area contributed by atoms with Crippen LogP contribution in [0.2, 0.25) is 0 Å². The Morgan fingerprint density at radius 3 is 2.20 bits per heavy atom. The Hall–Kier alpha value is -3.22. The number of amides is 3. The number of carbonyl (C=O) groups is 3. The quantitative estimate of drug-likeness (QED) is 0.761. The van der Waals surface area contributed by atoms with E-state index < -0.39 is 11.8 Å². The summed E-state index contributed by atoms with van der Waals surface area (Å²) in [7, 11) is 0. The lowest BCUT2D eigenvalue weighted by molar-refractivity contribution is -0.136. The maximum absolute atomic E-state index is 12.5. The number of aromatic nitrogens is 1. The first kappa shape index (κ1) is 21.5. The van der Waals surface area contributed by atoms with Gasteiger partial charge in [-0.1, -0.05) is 17.7 Å². The SMILES string of the molecule is Cc1cc(C)c(NC(=O)C(=O)NCC2CCN(C(=O)c3ccncc3)CC2)c(C)c1. The van der Waals surface area contributed by atoms with Crippen molar-refractivity contribution in [1.29, 1.82) is 0 Å². The van der Waals surface area contributed by atoms with Crippen molar-refractivity contribution in [3.05, 3.63) is 58.9 Å². The predicted octanol–water partition coefficient (Wildman–Crippen LogP) is 2.61. The fraction of sp³-hybridized carbons (Fsp3) is 0.391. The van der Waals surface area contributed by atoms with Crippen molar-refractivity contribution >= 4 is 23.4 Å². The molecule has 0 atom stereocenters. The van der Waals surface area contributed by atoms with Crippen LogP contribution in [0.3, 0.4) is 0 Å². The molecule has 1 aromatic heterocycles. The average Bonchev–Trinajstić information content (AvgIpc) is 2.74. The zero-order valence-electron chi connectivity index (χ0n) is 17.7. The third kappa shape index (κ3) is 5.23. The zero-order chi connectivity index (χ0) is 21.7. The molecule has 0 aliphatic carbocycles. The van der Waals surface area contributed by atoms with Gasteiger partial charge in [-0.25, -0.2) is 0 Å². The van der Waals surface area contributed by atoms with E-state index in [0.29, 0.717) is 30.9 Å². The molecule has 1 aliphatic heterocycles. The summed E-state index contributed by atoms with van der Waals surface area (Å²) in [6.45, 7) is 7.51. The van der Waals surface area contributed by atoms with Gasteiger partial charge in [0.1, 0.15) is 0 Å². The van der Waals surface area contributed by atoms with Crippen molar-refractivity contribution in [3.63, 3.8) is 0 Å². The number of anilines is 1. The Bertz CT molecular complexity index is 912. The number of benzene rings is 1. The smallest absolute Gasteiger partial charge is 0.313 e. The van der Waals surface area contributed by atoms with E-state index in [-0.39, 0.29) is 11.8 Å². The minimum absolute atomic E-state index is 0.00287. The second-order valence-electron chi connectivity index (χ2n) is 7.91. The van der Waals surface area contributed by atoms with Gasteiger partial charge in [0.05, 0.1) is 0 Å². The summed E-state index contributed by atoms with van der Waals surface area (Å²) in [5.41, 5.74) is 4.29. The fourth-order valence-electron chi connectivity index (χ4n) is 3.88. The number of nitrogens with zero attached hydrogens (tertiary/aromatic N) is 2. The molecule has 7 nitrogen and oxygen atoms in total. The van der Waals surface area contributed by atoms with Crippen molar-refractivity contribution in [1.82, 2.24) is 15.2 Å². The molecule has 0 spiro atoms. The molecular weight excluding hydrogens is 380 g/mol. The van der Waals surface area contributed by atoms with Gasteiger partial charge in [-0.3, -0.25) is 19.4 Å². The van der Waals surface area contributed by atoms with Crippen LogP contribution in [0.4, 0.5) is 5.69 Å². The summed E-state index contributed by atoms with van der Waals surface area (Å²) in [6, 6.07) is 7.37. The molecule has 7 heteroatoms. The normalized spacial score (nSPS) is 14.3. The summed E-state index contributed by atoms with van der Waals surface area (Å²) >= 11 is 0. The van der Waals surface area contributed by atoms with Gasteiger partial charge in [0, 0.05) is 43.3 Å². The summed E-state index contributed by atoms with van der Waals surface area (Å²) in [5.74, 6) is -1.05. The highest BCUT2D eigenvalue weighted by atomic mass is 16.2. The number of pyridine rings is 1. The van der Waals surface area contributed by atoms with Gasteiger partial charge in [-0.2, -0.15) is 0 Å². The second-order valence-corrected chi connectivity index (χ2v) is 7.91. The van der Waals surface area contributed by atoms with Crippen LogP contribution in [0.5, 0.6) is 0 Å². The van der Waals surface area contributed by atoms with Crippen molar-refractivity contribution in [2.24, 2.45) is 5.92 Å². The largest absolute Gasteiger partial charge is 0.348 e. The highest BCUT2D eigenvalue weighted by molar-refractivity contribution is 6.39. The number of likely N-dealkylation sites (tertiary alicyclic amines) is 1. The first-order valence-electron chi connectivity index (χ1n) is 10.2. The van der Waals surface area contributed by atoms with Crippen LogP contribution in [0.1, 0.15) is 39.9 Å². The summed E-state index contributed by atoms with van der Waals surface area (Å²) < 4.78 is 0. The first-order chi connectivity index (χ1) is 14.3. The minimum Gasteiger partial charge on any atom is -0.348 e. The maximum atomic E-state index is 12.5. The van der Waals surface area contributed by atoms with Crippen molar-refractivity contribution in [3.8, 4) is 0 Å². The molecule has 0 radical (unpaired) electrons. The number of hydrogen-bond acceptors (Lipinski definition) is 4. The molecule has 158 valence electrons. The lowest BCUT2D eigenvalue weighted by Crippen LogP contribution is -2.43. The Morgan fingerprint density at radius 2 is 1.60 bits per heavy atom. The van der Waals surface area contributed by atoms with E-state index in [9.17, 15) is 14.4 Å². The summed E-state index contributed by atoms with van der Waals surface area (Å²) in [4.78, 5) is 42.8. The lowest BCUT2D eigenvalue weighted by Gasteiger charge is -2.32. The topological polar surface area (TPSA) is 91.4 Å². The van der Waals surface area contributed by atoms with Crippen LogP contribution in [0.25, 0.3) is 0 Å². The van der Waals surface area contributed by atoms with Crippen molar-refractivity contribution < 1.29 is 14.4 Å². The van der Waals surface area contributed by atoms with Crippen molar-refractivity contribution in [2.75, 3.05) is 25.0 Å². The van der Waals surface area contributed by atoms with Crippen LogP contribution < -0.4 is 10.6 Å². The first-order valence-corrected chi connectivity index (χ1v) is 10.2. The maximum Gasteiger partial charge on any atom is 0.313 e. The molecule has 2 N–H and O–H groups in total. The summed E-state index contributed by atoms with van der Waals surface area (Å²) in [5, 5.41) is 5.46. The molecule has 2 aromatic rings. The molecule has 3 rings (SSSR count). The monoisotopic (exact) mass is 408 g/mol. The number of carbonyl (C=O) groups excluding carboxylic acids is 3. The molecule has 0 unspecified atom stereocenters. The van der Waals surface area contributed by atoms with E-state index in [1.807, 2.05) is 37.8 Å². The van der Waals surface area contributed by atoms with Gasteiger partial charge in [0.15, 0.2) is 0 Å². The second kappa shape index (κ2) is 9.52. The Balaban J connectivity index is 1.46. The fourth-order valence-corrected chi connectivity index (χ4v) is 3.88. The Labute approximate surface area is 176 Å². The Morgan fingerprint density at radius 1 is 1.00 bits per heavy atom. The van der Waals surface area contributed by atoms with Gasteiger partial charge in [0.25, 0.3) is 5.91 Å².